The molecule has 0 aromatic carbocycles. The first-order valence-corrected chi connectivity index (χ1v) is 4.62. The molecule has 1 aliphatic carbocycles. The minimum atomic E-state index is 0.667. The Morgan fingerprint density at radius 1 is 1.31 bits per heavy atom. The Morgan fingerprint density at radius 3 is 3.08 bits per heavy atom. The van der Waals surface area contributed by atoms with Crippen LogP contribution in [0.4, 0.5) is 5.82 Å². The van der Waals surface area contributed by atoms with Gasteiger partial charge in [-0.25, -0.2) is 4.98 Å². The summed E-state index contributed by atoms with van der Waals surface area (Å²) >= 11 is 0. The lowest BCUT2D eigenvalue weighted by Crippen LogP contribution is -2.02. The van der Waals surface area contributed by atoms with Gasteiger partial charge in [-0.05, 0) is 31.0 Å². The van der Waals surface area contributed by atoms with Crippen LogP contribution in [0.3, 0.4) is 0 Å². The van der Waals surface area contributed by atoms with Gasteiger partial charge in [-0.3, -0.25) is 0 Å². The molecule has 1 saturated carbocycles. The van der Waals surface area contributed by atoms with E-state index in [4.69, 9.17) is 0 Å². The van der Waals surface area contributed by atoms with Gasteiger partial charge in [0.2, 0.25) is 0 Å². The van der Waals surface area contributed by atoms with Gasteiger partial charge in [-0.1, -0.05) is 0 Å². The average Bonchev–Trinajstić information content (AvgIpc) is 2.83. The summed E-state index contributed by atoms with van der Waals surface area (Å²) in [5.74, 6) is 0.984. The van der Waals surface area contributed by atoms with Gasteiger partial charge in [0.25, 0.3) is 0 Å². The van der Waals surface area contributed by atoms with E-state index in [9.17, 15) is 0 Å². The van der Waals surface area contributed by atoms with Crippen molar-refractivity contribution in [2.24, 2.45) is 0 Å². The van der Waals surface area contributed by atoms with Gasteiger partial charge in [0.1, 0.15) is 11.5 Å². The predicted octanol–water partition coefficient (Wildman–Crippen LogP) is 2.14. The highest BCUT2D eigenvalue weighted by Gasteiger charge is 2.21. The highest BCUT2D eigenvalue weighted by atomic mass is 15.1. The van der Waals surface area contributed by atoms with Crippen molar-refractivity contribution in [3.05, 3.63) is 24.4 Å². The smallest absolute Gasteiger partial charge is 0.139 e. The van der Waals surface area contributed by atoms with E-state index in [1.165, 1.54) is 18.2 Å². The highest BCUT2D eigenvalue weighted by Crippen LogP contribution is 2.24. The van der Waals surface area contributed by atoms with Crippen molar-refractivity contribution in [3.63, 3.8) is 0 Å². The van der Waals surface area contributed by atoms with Crippen LogP contribution in [0.25, 0.3) is 11.0 Å². The maximum Gasteiger partial charge on any atom is 0.139 e. The van der Waals surface area contributed by atoms with Crippen molar-refractivity contribution < 1.29 is 0 Å². The Morgan fingerprint density at radius 2 is 2.23 bits per heavy atom. The Hall–Kier alpha value is -1.51. The number of fused-ring (bicyclic) bond motifs is 1. The number of aromatic amines is 1. The van der Waals surface area contributed by atoms with Gasteiger partial charge in [0.05, 0.1) is 0 Å². The molecular formula is C10H11N3. The maximum absolute atomic E-state index is 4.45. The number of pyridine rings is 1. The summed E-state index contributed by atoms with van der Waals surface area (Å²) in [6.07, 6.45) is 4.48. The first kappa shape index (κ1) is 6.95. The summed E-state index contributed by atoms with van der Waals surface area (Å²) < 4.78 is 0. The molecule has 2 aromatic rings. The fourth-order valence-electron chi connectivity index (χ4n) is 1.45. The molecule has 0 atom stereocenters. The summed E-state index contributed by atoms with van der Waals surface area (Å²) in [6.45, 7) is 0. The predicted molar refractivity (Wildman–Crippen MR) is 52.7 cm³/mol. The Balaban J connectivity index is 1.99. The summed E-state index contributed by atoms with van der Waals surface area (Å²) in [5.41, 5.74) is 0.964. The van der Waals surface area contributed by atoms with E-state index in [0.29, 0.717) is 6.04 Å². The molecule has 0 aliphatic heterocycles. The molecule has 66 valence electrons. The second-order valence-electron chi connectivity index (χ2n) is 3.53. The van der Waals surface area contributed by atoms with Gasteiger partial charge < -0.3 is 10.3 Å². The van der Waals surface area contributed by atoms with Crippen LogP contribution in [0.5, 0.6) is 0 Å². The third-order valence-corrected chi connectivity index (χ3v) is 2.34. The van der Waals surface area contributed by atoms with Crippen LogP contribution in [0, 0.1) is 0 Å². The lowest BCUT2D eigenvalue weighted by molar-refractivity contribution is 1.12. The molecule has 2 aromatic heterocycles. The van der Waals surface area contributed by atoms with Crippen molar-refractivity contribution >= 4 is 16.9 Å². The molecule has 2 heterocycles. The van der Waals surface area contributed by atoms with Crippen LogP contribution in [0.2, 0.25) is 0 Å². The van der Waals surface area contributed by atoms with Crippen molar-refractivity contribution in [3.8, 4) is 0 Å². The monoisotopic (exact) mass is 173 g/mol. The van der Waals surface area contributed by atoms with Crippen molar-refractivity contribution in [1.29, 1.82) is 0 Å². The number of rotatable bonds is 2. The van der Waals surface area contributed by atoms with E-state index < -0.39 is 0 Å². The quantitative estimate of drug-likeness (QED) is 0.730. The molecule has 1 aliphatic rings. The molecule has 3 nitrogen and oxygen atoms in total. The number of hydrogen-bond acceptors (Lipinski definition) is 2. The zero-order chi connectivity index (χ0) is 8.67. The molecule has 0 amide bonds. The van der Waals surface area contributed by atoms with Crippen molar-refractivity contribution in [2.45, 2.75) is 18.9 Å². The summed E-state index contributed by atoms with van der Waals surface area (Å²) in [5, 5.41) is 4.53. The second kappa shape index (κ2) is 2.49. The molecule has 1 fully saturated rings. The minimum absolute atomic E-state index is 0.667. The normalized spacial score (nSPS) is 16.3. The first-order valence-electron chi connectivity index (χ1n) is 4.62. The van der Waals surface area contributed by atoms with E-state index in [1.54, 1.807) is 0 Å². The molecular weight excluding hydrogens is 162 g/mol. The lowest BCUT2D eigenvalue weighted by atomic mass is 10.3. The number of anilines is 1. The van der Waals surface area contributed by atoms with Gasteiger partial charge in [-0.2, -0.15) is 0 Å². The summed E-state index contributed by atoms with van der Waals surface area (Å²) in [6, 6.07) is 6.82. The zero-order valence-electron chi connectivity index (χ0n) is 7.25. The van der Waals surface area contributed by atoms with E-state index in [-0.39, 0.29) is 0 Å². The standard InChI is InChI=1S/C10H11N3/c1-4-9(12-8-2-3-8)13-10-7(1)5-6-11-10/h1,4-6,8H,2-3H2,(H2,11,12,13). The van der Waals surface area contributed by atoms with Gasteiger partial charge in [0, 0.05) is 17.6 Å². The molecule has 3 heteroatoms. The first-order chi connectivity index (χ1) is 6.42. The number of aromatic nitrogens is 2. The SMILES string of the molecule is c1cc2ccc(NC3CC3)nc2[nH]1. The number of hydrogen-bond donors (Lipinski definition) is 2. The largest absolute Gasteiger partial charge is 0.367 e. The van der Waals surface area contributed by atoms with Gasteiger partial charge in [0.15, 0.2) is 0 Å². The molecule has 0 unspecified atom stereocenters. The molecule has 0 spiro atoms. The van der Waals surface area contributed by atoms with Crippen molar-refractivity contribution in [2.75, 3.05) is 5.32 Å². The minimum Gasteiger partial charge on any atom is -0.367 e. The Kier molecular flexibility index (Phi) is 1.33. The summed E-state index contributed by atoms with van der Waals surface area (Å²) in [7, 11) is 0. The number of nitrogens with one attached hydrogen (secondary N) is 2. The van der Waals surface area contributed by atoms with Gasteiger partial charge in [-0.15, -0.1) is 0 Å². The van der Waals surface area contributed by atoms with Crippen LogP contribution in [0.1, 0.15) is 12.8 Å². The Bertz CT molecular complexity index is 428. The molecule has 0 saturated heterocycles. The van der Waals surface area contributed by atoms with Crippen LogP contribution >= 0.6 is 0 Å². The van der Waals surface area contributed by atoms with E-state index in [2.05, 4.69) is 21.4 Å². The van der Waals surface area contributed by atoms with Crippen LogP contribution in [0.15, 0.2) is 24.4 Å². The maximum atomic E-state index is 4.45. The molecule has 0 radical (unpaired) electrons. The highest BCUT2D eigenvalue weighted by molar-refractivity contribution is 5.77. The molecule has 2 N–H and O–H groups in total. The second-order valence-corrected chi connectivity index (χ2v) is 3.53. The van der Waals surface area contributed by atoms with E-state index in [0.717, 1.165) is 11.5 Å². The molecule has 0 bridgehead atoms. The third-order valence-electron chi connectivity index (χ3n) is 2.34. The zero-order valence-corrected chi connectivity index (χ0v) is 7.25. The number of nitrogens with zero attached hydrogens (tertiary/aromatic N) is 1. The van der Waals surface area contributed by atoms with Crippen LogP contribution in [-0.4, -0.2) is 16.0 Å². The van der Waals surface area contributed by atoms with Gasteiger partial charge >= 0.3 is 0 Å². The fourth-order valence-corrected chi connectivity index (χ4v) is 1.45. The lowest BCUT2D eigenvalue weighted by Gasteiger charge is -2.01. The topological polar surface area (TPSA) is 40.7 Å². The summed E-state index contributed by atoms with van der Waals surface area (Å²) in [4.78, 5) is 7.55. The average molecular weight is 173 g/mol. The third kappa shape index (κ3) is 1.26. The van der Waals surface area contributed by atoms with Crippen LogP contribution < -0.4 is 5.32 Å². The van der Waals surface area contributed by atoms with Crippen molar-refractivity contribution in [1.82, 2.24) is 9.97 Å². The van der Waals surface area contributed by atoms with E-state index >= 15 is 0 Å². The van der Waals surface area contributed by atoms with Crippen LogP contribution in [-0.2, 0) is 0 Å². The molecule has 13 heavy (non-hydrogen) atoms. The number of H-pyrrole nitrogens is 1. The van der Waals surface area contributed by atoms with E-state index in [1.807, 2.05) is 18.3 Å². The molecule has 3 rings (SSSR count). The fraction of sp³-hybridized carbons (Fsp3) is 0.300. The Labute approximate surface area is 76.2 Å².